The Morgan fingerprint density at radius 1 is 0.800 bits per heavy atom. The van der Waals surface area contributed by atoms with Crippen molar-refractivity contribution in [2.24, 2.45) is 11.1 Å². The molecule has 4 aromatic rings. The number of nitrogens with zero attached hydrogens (tertiary/aromatic N) is 3. The maximum atomic E-state index is 6.28. The molecular weight excluding hydrogens is 553 g/mol. The molecule has 3 aromatic carbocycles. The summed E-state index contributed by atoms with van der Waals surface area (Å²) in [6.07, 6.45) is 2.13. The molecule has 1 aliphatic heterocycles. The fourth-order valence-corrected chi connectivity index (χ4v) is 4.25. The molecule has 7 heteroatoms. The van der Waals surface area contributed by atoms with Crippen LogP contribution in [-0.2, 0) is 24.5 Å². The van der Waals surface area contributed by atoms with Gasteiger partial charge in [0.25, 0.3) is 5.88 Å². The second-order valence-electron chi connectivity index (χ2n) is 8.18. The molecular formula is C28H24IN3O3. The monoisotopic (exact) mass is 577 g/mol. The number of ether oxygens (including phenoxy) is 2. The number of rotatable bonds is 9. The molecule has 0 fully saturated rings. The highest BCUT2D eigenvalue weighted by Gasteiger charge is 2.28. The molecule has 1 atom stereocenters. The Bertz CT molecular complexity index is 1280. The minimum atomic E-state index is 0.0472. The van der Waals surface area contributed by atoms with E-state index in [1.807, 2.05) is 60.7 Å². The summed E-state index contributed by atoms with van der Waals surface area (Å²) in [6.45, 7) is 1.27. The lowest BCUT2D eigenvalue weighted by atomic mass is 9.93. The van der Waals surface area contributed by atoms with Gasteiger partial charge in [0, 0.05) is 15.9 Å². The Labute approximate surface area is 218 Å². The maximum absolute atomic E-state index is 6.28. The first-order chi connectivity index (χ1) is 17.3. The maximum Gasteiger partial charge on any atom is 0.260 e. The molecule has 0 aliphatic carbocycles. The average Bonchev–Trinajstić information content (AvgIpc) is 3.36. The van der Waals surface area contributed by atoms with Gasteiger partial charge in [-0.15, -0.1) is 0 Å². The predicted octanol–water partition coefficient (Wildman–Crippen LogP) is 5.83. The van der Waals surface area contributed by atoms with Crippen molar-refractivity contribution in [2.75, 3.05) is 6.61 Å². The van der Waals surface area contributed by atoms with E-state index in [9.17, 15) is 0 Å². The first kappa shape index (κ1) is 23.3. The van der Waals surface area contributed by atoms with Crippen LogP contribution in [0.15, 0.2) is 96.4 Å². The van der Waals surface area contributed by atoms with Crippen LogP contribution >= 0.6 is 22.6 Å². The topological polar surface area (TPSA) is 65.8 Å². The Hall–Kier alpha value is -3.46. The van der Waals surface area contributed by atoms with Crippen molar-refractivity contribution in [2.45, 2.75) is 19.6 Å². The zero-order valence-electron chi connectivity index (χ0n) is 19.0. The molecule has 0 saturated carbocycles. The van der Waals surface area contributed by atoms with Crippen LogP contribution in [0.4, 0.5) is 0 Å². The fourth-order valence-electron chi connectivity index (χ4n) is 3.89. The van der Waals surface area contributed by atoms with Gasteiger partial charge in [0.2, 0.25) is 5.75 Å². The van der Waals surface area contributed by atoms with Gasteiger partial charge in [-0.2, -0.15) is 4.98 Å². The molecule has 0 spiro atoms. The summed E-state index contributed by atoms with van der Waals surface area (Å²) in [4.78, 5) is 14.5. The molecule has 0 saturated heterocycles. The second kappa shape index (κ2) is 11.3. The van der Waals surface area contributed by atoms with Gasteiger partial charge >= 0.3 is 0 Å². The Morgan fingerprint density at radius 3 is 2.14 bits per heavy atom. The van der Waals surface area contributed by atoms with E-state index in [0.29, 0.717) is 37.9 Å². The zero-order valence-corrected chi connectivity index (χ0v) is 21.2. The van der Waals surface area contributed by atoms with Crippen molar-refractivity contribution in [1.82, 2.24) is 9.97 Å². The fraction of sp³-hybridized carbons (Fsp3) is 0.179. The number of oxime groups is 1. The van der Waals surface area contributed by atoms with Crippen molar-refractivity contribution in [3.63, 3.8) is 0 Å². The van der Waals surface area contributed by atoms with Crippen molar-refractivity contribution in [1.29, 1.82) is 0 Å². The van der Waals surface area contributed by atoms with Crippen molar-refractivity contribution >= 4 is 28.3 Å². The zero-order chi connectivity index (χ0) is 23.9. The standard InChI is InChI=1S/C28H24IN3O3/c29-24-13-11-22(12-14-24)26-23(18-35-32-26)15-25-27(33-16-20-7-3-1-4-8-20)28(31-19-30-25)34-17-21-9-5-2-6-10-21/h1-14,19,23H,15-18H2. The SMILES string of the molecule is Ic1ccc(C2=NOCC2Cc2ncnc(OCc3ccccc3)c2OCc2ccccc2)cc1. The quantitative estimate of drug-likeness (QED) is 0.234. The lowest BCUT2D eigenvalue weighted by molar-refractivity contribution is 0.154. The molecule has 0 amide bonds. The lowest BCUT2D eigenvalue weighted by Crippen LogP contribution is -2.19. The smallest absolute Gasteiger partial charge is 0.260 e. The summed E-state index contributed by atoms with van der Waals surface area (Å²) < 4.78 is 13.6. The first-order valence-corrected chi connectivity index (χ1v) is 12.5. The third-order valence-corrected chi connectivity index (χ3v) is 6.41. The van der Waals surface area contributed by atoms with Crippen LogP contribution in [0.25, 0.3) is 0 Å². The predicted molar refractivity (Wildman–Crippen MR) is 142 cm³/mol. The van der Waals surface area contributed by atoms with Crippen LogP contribution in [-0.4, -0.2) is 22.3 Å². The van der Waals surface area contributed by atoms with Crippen molar-refractivity contribution in [3.05, 3.63) is 117 Å². The first-order valence-electron chi connectivity index (χ1n) is 11.4. The van der Waals surface area contributed by atoms with Gasteiger partial charge < -0.3 is 14.3 Å². The highest BCUT2D eigenvalue weighted by Crippen LogP contribution is 2.32. The van der Waals surface area contributed by atoms with Crippen molar-refractivity contribution < 1.29 is 14.3 Å². The highest BCUT2D eigenvalue weighted by molar-refractivity contribution is 14.1. The van der Waals surface area contributed by atoms with Gasteiger partial charge in [-0.3, -0.25) is 0 Å². The molecule has 0 N–H and O–H groups in total. The van der Waals surface area contributed by atoms with Gasteiger partial charge in [0.15, 0.2) is 0 Å². The number of hydrogen-bond acceptors (Lipinski definition) is 6. The third-order valence-electron chi connectivity index (χ3n) is 5.69. The summed E-state index contributed by atoms with van der Waals surface area (Å²) in [5, 5.41) is 4.33. The van der Waals surface area contributed by atoms with Gasteiger partial charge in [-0.05, 0) is 51.4 Å². The van der Waals surface area contributed by atoms with Gasteiger partial charge in [-0.25, -0.2) is 4.98 Å². The van der Waals surface area contributed by atoms with E-state index >= 15 is 0 Å². The van der Waals surface area contributed by atoms with E-state index in [4.69, 9.17) is 14.3 Å². The van der Waals surface area contributed by atoms with Gasteiger partial charge in [-0.1, -0.05) is 78.0 Å². The summed E-state index contributed by atoms with van der Waals surface area (Å²) in [6, 6.07) is 28.3. The van der Waals surface area contributed by atoms with Crippen molar-refractivity contribution in [3.8, 4) is 11.6 Å². The summed E-state index contributed by atoms with van der Waals surface area (Å²) in [7, 11) is 0. The molecule has 1 aromatic heterocycles. The molecule has 6 nitrogen and oxygen atoms in total. The third kappa shape index (κ3) is 5.97. The van der Waals surface area contributed by atoms with Crippen LogP contribution in [0.3, 0.4) is 0 Å². The van der Waals surface area contributed by atoms with Crippen LogP contribution < -0.4 is 9.47 Å². The van der Waals surface area contributed by atoms with E-state index in [1.165, 1.54) is 9.90 Å². The van der Waals surface area contributed by atoms with Gasteiger partial charge in [0.05, 0.1) is 11.4 Å². The minimum absolute atomic E-state index is 0.0472. The van der Waals surface area contributed by atoms with E-state index in [2.05, 4.69) is 62.0 Å². The lowest BCUT2D eigenvalue weighted by Gasteiger charge is -2.17. The van der Waals surface area contributed by atoms with Crippen LogP contribution in [0, 0.1) is 9.49 Å². The van der Waals surface area contributed by atoms with Crippen LogP contribution in [0.2, 0.25) is 0 Å². The summed E-state index contributed by atoms with van der Waals surface area (Å²) in [5.41, 5.74) is 4.85. The number of benzene rings is 3. The largest absolute Gasteiger partial charge is 0.482 e. The normalized spacial score (nSPS) is 14.8. The highest BCUT2D eigenvalue weighted by atomic mass is 127. The Morgan fingerprint density at radius 2 is 1.46 bits per heavy atom. The molecule has 0 bridgehead atoms. The van der Waals surface area contributed by atoms with Crippen LogP contribution in [0.1, 0.15) is 22.4 Å². The van der Waals surface area contributed by atoms with E-state index < -0.39 is 0 Å². The Balaban J connectivity index is 1.40. The molecule has 2 heterocycles. The summed E-state index contributed by atoms with van der Waals surface area (Å²) >= 11 is 2.30. The molecule has 176 valence electrons. The van der Waals surface area contributed by atoms with E-state index in [1.54, 1.807) is 0 Å². The molecule has 1 unspecified atom stereocenters. The molecule has 1 aliphatic rings. The molecule has 0 radical (unpaired) electrons. The second-order valence-corrected chi connectivity index (χ2v) is 9.43. The number of halogens is 1. The van der Waals surface area contributed by atoms with E-state index in [-0.39, 0.29) is 5.92 Å². The Kier molecular flexibility index (Phi) is 7.53. The minimum Gasteiger partial charge on any atom is -0.482 e. The average molecular weight is 577 g/mol. The number of hydrogen-bond donors (Lipinski definition) is 0. The summed E-state index contributed by atoms with van der Waals surface area (Å²) in [5.74, 6) is 1.04. The van der Waals surface area contributed by atoms with Gasteiger partial charge in [0.1, 0.15) is 26.1 Å². The van der Waals surface area contributed by atoms with Crippen LogP contribution in [0.5, 0.6) is 11.6 Å². The molecule has 35 heavy (non-hydrogen) atoms. The number of aromatic nitrogens is 2. The van der Waals surface area contributed by atoms with E-state index in [0.717, 1.165) is 28.1 Å². The molecule has 5 rings (SSSR count).